The van der Waals surface area contributed by atoms with Crippen LogP contribution in [0.5, 0.6) is 0 Å². The second-order valence-corrected chi connectivity index (χ2v) is 3.96. The molecule has 1 unspecified atom stereocenters. The van der Waals surface area contributed by atoms with Crippen molar-refractivity contribution in [3.05, 3.63) is 12.2 Å². The summed E-state index contributed by atoms with van der Waals surface area (Å²) in [5.41, 5.74) is 2.53. The highest BCUT2D eigenvalue weighted by Gasteiger charge is 2.09. The maximum absolute atomic E-state index is 5.37. The van der Waals surface area contributed by atoms with E-state index in [0.29, 0.717) is 11.9 Å². The number of nitrogens with one attached hydrogen (secondary N) is 3. The highest BCUT2D eigenvalue weighted by Crippen LogP contribution is 2.03. The first kappa shape index (κ1) is 12.4. The van der Waals surface area contributed by atoms with Crippen LogP contribution in [0.3, 0.4) is 0 Å². The standard InChI is InChI=1S/C9H19N7/c1-6(2)4-11-9(15-10)14-7(3)8-12-5-13-16-8/h5-7H,4,10H2,1-3H3,(H2,11,14,15)(H,12,13,16). The van der Waals surface area contributed by atoms with E-state index in [4.69, 9.17) is 5.84 Å². The fourth-order valence-electron chi connectivity index (χ4n) is 1.10. The van der Waals surface area contributed by atoms with Gasteiger partial charge in [0, 0.05) is 6.54 Å². The number of hydrogen-bond acceptors (Lipinski definition) is 4. The van der Waals surface area contributed by atoms with E-state index in [9.17, 15) is 0 Å². The highest BCUT2D eigenvalue weighted by atomic mass is 15.3. The van der Waals surface area contributed by atoms with Crippen molar-refractivity contribution < 1.29 is 0 Å². The third-order valence-electron chi connectivity index (χ3n) is 1.95. The van der Waals surface area contributed by atoms with E-state index < -0.39 is 0 Å². The fourth-order valence-corrected chi connectivity index (χ4v) is 1.10. The van der Waals surface area contributed by atoms with Gasteiger partial charge >= 0.3 is 0 Å². The van der Waals surface area contributed by atoms with Crippen molar-refractivity contribution in [3.8, 4) is 0 Å². The molecule has 0 saturated carbocycles. The first-order valence-electron chi connectivity index (χ1n) is 5.26. The van der Waals surface area contributed by atoms with Gasteiger partial charge in [0.2, 0.25) is 5.96 Å². The van der Waals surface area contributed by atoms with Crippen LogP contribution < -0.4 is 16.6 Å². The lowest BCUT2D eigenvalue weighted by molar-refractivity contribution is 0.626. The van der Waals surface area contributed by atoms with E-state index in [0.717, 1.165) is 12.4 Å². The van der Waals surface area contributed by atoms with Crippen LogP contribution in [0.1, 0.15) is 32.6 Å². The molecule has 7 heteroatoms. The number of guanidine groups is 1. The Morgan fingerprint density at radius 1 is 1.56 bits per heavy atom. The second-order valence-electron chi connectivity index (χ2n) is 3.96. The molecule has 1 rings (SSSR count). The lowest BCUT2D eigenvalue weighted by atomic mass is 10.2. The van der Waals surface area contributed by atoms with Gasteiger partial charge in [-0.25, -0.2) is 10.8 Å². The Kier molecular flexibility index (Phi) is 4.71. The summed E-state index contributed by atoms with van der Waals surface area (Å²) in [5, 5.41) is 9.67. The monoisotopic (exact) mass is 225 g/mol. The molecule has 0 saturated heterocycles. The van der Waals surface area contributed by atoms with Gasteiger partial charge in [-0.1, -0.05) is 13.8 Å². The van der Waals surface area contributed by atoms with Crippen molar-refractivity contribution >= 4 is 5.96 Å². The number of nitrogens with two attached hydrogens (primary N) is 1. The van der Waals surface area contributed by atoms with E-state index in [1.54, 1.807) is 0 Å². The third kappa shape index (κ3) is 3.85. The van der Waals surface area contributed by atoms with Crippen molar-refractivity contribution in [2.24, 2.45) is 16.8 Å². The van der Waals surface area contributed by atoms with Crippen molar-refractivity contribution in [1.29, 1.82) is 0 Å². The molecule has 1 aromatic heterocycles. The van der Waals surface area contributed by atoms with Crippen molar-refractivity contribution in [1.82, 2.24) is 25.9 Å². The number of hydrazine groups is 1. The first-order chi connectivity index (χ1) is 7.63. The highest BCUT2D eigenvalue weighted by molar-refractivity contribution is 5.79. The summed E-state index contributed by atoms with van der Waals surface area (Å²) >= 11 is 0. The molecule has 90 valence electrons. The van der Waals surface area contributed by atoms with Gasteiger partial charge in [0.05, 0.1) is 6.04 Å². The molecule has 7 nitrogen and oxygen atoms in total. The molecule has 0 aromatic carbocycles. The zero-order chi connectivity index (χ0) is 12.0. The minimum Gasteiger partial charge on any atom is -0.346 e. The Hall–Kier alpha value is -1.63. The smallest absolute Gasteiger partial charge is 0.206 e. The van der Waals surface area contributed by atoms with E-state index >= 15 is 0 Å². The average Bonchev–Trinajstić information content (AvgIpc) is 2.76. The molecule has 0 aliphatic carbocycles. The molecule has 0 amide bonds. The number of nitrogens with zero attached hydrogens (tertiary/aromatic N) is 3. The van der Waals surface area contributed by atoms with Crippen LogP contribution in [0.4, 0.5) is 0 Å². The quantitative estimate of drug-likeness (QED) is 0.248. The van der Waals surface area contributed by atoms with Crippen LogP contribution >= 0.6 is 0 Å². The molecule has 0 spiro atoms. The molecule has 0 bridgehead atoms. The molecule has 0 aliphatic heterocycles. The number of H-pyrrole nitrogens is 1. The summed E-state index contributed by atoms with van der Waals surface area (Å²) in [4.78, 5) is 8.34. The van der Waals surface area contributed by atoms with Crippen molar-refractivity contribution in [2.75, 3.05) is 6.54 Å². The van der Waals surface area contributed by atoms with Gasteiger partial charge in [0.25, 0.3) is 0 Å². The molecule has 0 aliphatic rings. The van der Waals surface area contributed by atoms with Crippen LogP contribution in [-0.2, 0) is 0 Å². The van der Waals surface area contributed by atoms with Crippen molar-refractivity contribution in [3.63, 3.8) is 0 Å². The molecular formula is C9H19N7. The number of rotatable bonds is 4. The summed E-state index contributed by atoms with van der Waals surface area (Å²) in [6, 6.07) is -0.0236. The van der Waals surface area contributed by atoms with Crippen LogP contribution in [0.25, 0.3) is 0 Å². The van der Waals surface area contributed by atoms with E-state index in [1.807, 2.05) is 6.92 Å². The molecule has 1 atom stereocenters. The predicted octanol–water partition coefficient (Wildman–Crippen LogP) is -0.0694. The number of aliphatic imine (C=N–C) groups is 1. The van der Waals surface area contributed by atoms with E-state index in [-0.39, 0.29) is 6.04 Å². The summed E-state index contributed by atoms with van der Waals surface area (Å²) in [6.45, 7) is 6.85. The number of aromatic nitrogens is 3. The van der Waals surface area contributed by atoms with Crippen LogP contribution in [0.2, 0.25) is 0 Å². The third-order valence-corrected chi connectivity index (χ3v) is 1.95. The molecule has 0 radical (unpaired) electrons. The van der Waals surface area contributed by atoms with Crippen molar-refractivity contribution in [2.45, 2.75) is 26.8 Å². The molecule has 16 heavy (non-hydrogen) atoms. The number of aromatic amines is 1. The average molecular weight is 225 g/mol. The van der Waals surface area contributed by atoms with Gasteiger partial charge in [0.1, 0.15) is 12.2 Å². The minimum atomic E-state index is -0.0236. The molecule has 1 heterocycles. The fraction of sp³-hybridized carbons (Fsp3) is 0.667. The van der Waals surface area contributed by atoms with Gasteiger partial charge in [-0.2, -0.15) is 5.10 Å². The zero-order valence-electron chi connectivity index (χ0n) is 9.86. The number of hydrogen-bond donors (Lipinski definition) is 4. The van der Waals surface area contributed by atoms with Gasteiger partial charge in [-0.15, -0.1) is 0 Å². The molecule has 5 N–H and O–H groups in total. The summed E-state index contributed by atoms with van der Waals surface area (Å²) in [7, 11) is 0. The Balaban J connectivity index is 2.53. The molecular weight excluding hydrogens is 206 g/mol. The Labute approximate surface area is 94.9 Å². The van der Waals surface area contributed by atoms with E-state index in [2.05, 4.69) is 44.8 Å². The largest absolute Gasteiger partial charge is 0.346 e. The molecule has 1 aromatic rings. The summed E-state index contributed by atoms with van der Waals surface area (Å²) in [5.74, 6) is 7.16. The normalized spacial score (nSPS) is 13.9. The SMILES string of the molecule is CC(C)CN=C(NN)NC(C)c1ncn[nH]1. The zero-order valence-corrected chi connectivity index (χ0v) is 9.86. The lowest BCUT2D eigenvalue weighted by Crippen LogP contribution is -2.43. The Morgan fingerprint density at radius 3 is 2.81 bits per heavy atom. The summed E-state index contributed by atoms with van der Waals surface area (Å²) in [6.07, 6.45) is 1.47. The second kappa shape index (κ2) is 6.06. The molecule has 0 fully saturated rings. The van der Waals surface area contributed by atoms with Crippen LogP contribution in [0.15, 0.2) is 11.3 Å². The predicted molar refractivity (Wildman–Crippen MR) is 62.4 cm³/mol. The summed E-state index contributed by atoms with van der Waals surface area (Å²) < 4.78 is 0. The maximum atomic E-state index is 5.37. The lowest BCUT2D eigenvalue weighted by Gasteiger charge is -2.14. The maximum Gasteiger partial charge on any atom is 0.206 e. The van der Waals surface area contributed by atoms with Gasteiger partial charge in [-0.3, -0.25) is 15.5 Å². The Morgan fingerprint density at radius 2 is 2.31 bits per heavy atom. The Bertz CT molecular complexity index is 317. The van der Waals surface area contributed by atoms with Crippen LogP contribution in [0, 0.1) is 5.92 Å². The van der Waals surface area contributed by atoms with Gasteiger partial charge in [0.15, 0.2) is 0 Å². The minimum absolute atomic E-state index is 0.0236. The topological polar surface area (TPSA) is 104 Å². The van der Waals surface area contributed by atoms with Crippen LogP contribution in [-0.4, -0.2) is 27.7 Å². The van der Waals surface area contributed by atoms with Gasteiger partial charge in [-0.05, 0) is 12.8 Å². The van der Waals surface area contributed by atoms with E-state index in [1.165, 1.54) is 6.33 Å². The van der Waals surface area contributed by atoms with Gasteiger partial charge < -0.3 is 5.32 Å². The first-order valence-corrected chi connectivity index (χ1v) is 5.26.